The Morgan fingerprint density at radius 3 is 2.87 bits per heavy atom. The molecule has 0 amide bonds. The smallest absolute Gasteiger partial charge is 0.275 e. The van der Waals surface area contributed by atoms with Crippen LogP contribution in [0.2, 0.25) is 0 Å². The van der Waals surface area contributed by atoms with E-state index in [-0.39, 0.29) is 5.56 Å². The van der Waals surface area contributed by atoms with Gasteiger partial charge >= 0.3 is 0 Å². The van der Waals surface area contributed by atoms with E-state index in [0.29, 0.717) is 5.52 Å². The SMILES string of the molecule is Cn1ncc2c1n1cccc1c(=O)n2C. The first-order valence-electron chi connectivity index (χ1n) is 4.68. The minimum Gasteiger partial charge on any atom is -0.305 e. The van der Waals surface area contributed by atoms with Crippen molar-refractivity contribution in [3.05, 3.63) is 34.9 Å². The highest BCUT2D eigenvalue weighted by Crippen LogP contribution is 2.12. The zero-order valence-corrected chi connectivity index (χ0v) is 8.51. The quantitative estimate of drug-likeness (QED) is 0.533. The number of hydrogen-bond donors (Lipinski definition) is 0. The average Bonchev–Trinajstić information content (AvgIpc) is 2.80. The number of aryl methyl sites for hydroxylation is 2. The van der Waals surface area contributed by atoms with Crippen molar-refractivity contribution in [1.82, 2.24) is 18.7 Å². The molecule has 3 heterocycles. The van der Waals surface area contributed by atoms with Gasteiger partial charge in [-0.05, 0) is 12.1 Å². The highest BCUT2D eigenvalue weighted by atomic mass is 16.1. The van der Waals surface area contributed by atoms with Crippen LogP contribution >= 0.6 is 0 Å². The largest absolute Gasteiger partial charge is 0.305 e. The molecular weight excluding hydrogens is 192 g/mol. The van der Waals surface area contributed by atoms with Crippen molar-refractivity contribution in [1.29, 1.82) is 0 Å². The van der Waals surface area contributed by atoms with Crippen LogP contribution in [0, 0.1) is 0 Å². The first-order chi connectivity index (χ1) is 7.20. The van der Waals surface area contributed by atoms with Crippen LogP contribution in [0.15, 0.2) is 29.3 Å². The van der Waals surface area contributed by atoms with Crippen LogP contribution in [0.25, 0.3) is 16.7 Å². The van der Waals surface area contributed by atoms with Gasteiger partial charge < -0.3 is 4.57 Å². The zero-order valence-electron chi connectivity index (χ0n) is 8.51. The first-order valence-corrected chi connectivity index (χ1v) is 4.68. The van der Waals surface area contributed by atoms with E-state index < -0.39 is 0 Å². The molecule has 0 radical (unpaired) electrons. The Balaban J connectivity index is 2.80. The van der Waals surface area contributed by atoms with Crippen LogP contribution in [-0.4, -0.2) is 18.7 Å². The normalized spacial score (nSPS) is 11.6. The molecule has 0 saturated heterocycles. The van der Waals surface area contributed by atoms with Gasteiger partial charge in [-0.2, -0.15) is 5.10 Å². The average molecular weight is 202 g/mol. The number of hydrogen-bond acceptors (Lipinski definition) is 2. The van der Waals surface area contributed by atoms with Gasteiger partial charge in [-0.25, -0.2) is 0 Å². The summed E-state index contributed by atoms with van der Waals surface area (Å²) in [6, 6.07) is 3.68. The predicted octanol–water partition coefficient (Wildman–Crippen LogP) is 0.525. The van der Waals surface area contributed by atoms with Gasteiger partial charge in [0.25, 0.3) is 5.56 Å². The second-order valence-corrected chi connectivity index (χ2v) is 3.60. The summed E-state index contributed by atoms with van der Waals surface area (Å²) in [5.74, 6) is 0. The number of aromatic nitrogens is 4. The summed E-state index contributed by atoms with van der Waals surface area (Å²) < 4.78 is 5.25. The van der Waals surface area contributed by atoms with Gasteiger partial charge in [0.05, 0.1) is 6.20 Å². The third-order valence-corrected chi connectivity index (χ3v) is 2.75. The maximum atomic E-state index is 11.9. The third-order valence-electron chi connectivity index (χ3n) is 2.75. The summed E-state index contributed by atoms with van der Waals surface area (Å²) in [6.07, 6.45) is 3.58. The molecule has 76 valence electrons. The molecule has 0 atom stereocenters. The van der Waals surface area contributed by atoms with E-state index >= 15 is 0 Å². The minimum absolute atomic E-state index is 0.000463. The molecule has 0 N–H and O–H groups in total. The molecule has 0 aliphatic heterocycles. The van der Waals surface area contributed by atoms with Gasteiger partial charge in [-0.1, -0.05) is 0 Å². The molecule has 3 aromatic rings. The fourth-order valence-corrected chi connectivity index (χ4v) is 1.96. The summed E-state index contributed by atoms with van der Waals surface area (Å²) in [4.78, 5) is 11.9. The third kappa shape index (κ3) is 0.869. The van der Waals surface area contributed by atoms with Crippen molar-refractivity contribution in [2.24, 2.45) is 14.1 Å². The van der Waals surface area contributed by atoms with Crippen molar-refractivity contribution >= 4 is 16.7 Å². The van der Waals surface area contributed by atoms with Gasteiger partial charge in [-0.15, -0.1) is 0 Å². The van der Waals surface area contributed by atoms with Crippen molar-refractivity contribution < 1.29 is 0 Å². The monoisotopic (exact) mass is 202 g/mol. The molecule has 0 spiro atoms. The maximum absolute atomic E-state index is 11.9. The molecule has 5 heteroatoms. The molecule has 15 heavy (non-hydrogen) atoms. The van der Waals surface area contributed by atoms with Crippen molar-refractivity contribution in [2.45, 2.75) is 0 Å². The summed E-state index contributed by atoms with van der Waals surface area (Å²) in [5, 5.41) is 4.16. The predicted molar refractivity (Wildman–Crippen MR) is 56.9 cm³/mol. The Hall–Kier alpha value is -2.04. The van der Waals surface area contributed by atoms with E-state index in [1.165, 1.54) is 0 Å². The van der Waals surface area contributed by atoms with E-state index in [2.05, 4.69) is 5.10 Å². The van der Waals surface area contributed by atoms with E-state index in [1.807, 2.05) is 29.8 Å². The van der Waals surface area contributed by atoms with Crippen molar-refractivity contribution in [3.63, 3.8) is 0 Å². The minimum atomic E-state index is 0.000463. The van der Waals surface area contributed by atoms with E-state index in [0.717, 1.165) is 11.2 Å². The molecule has 0 saturated carbocycles. The number of fused-ring (bicyclic) bond motifs is 3. The summed E-state index contributed by atoms with van der Waals surface area (Å²) in [7, 11) is 3.63. The molecule has 0 unspecified atom stereocenters. The van der Waals surface area contributed by atoms with E-state index in [1.54, 1.807) is 22.5 Å². The molecule has 0 aromatic carbocycles. The van der Waals surface area contributed by atoms with Gasteiger partial charge in [0.1, 0.15) is 11.0 Å². The lowest BCUT2D eigenvalue weighted by molar-refractivity contribution is 0.778. The molecule has 0 fully saturated rings. The summed E-state index contributed by atoms with van der Waals surface area (Å²) >= 11 is 0. The number of rotatable bonds is 0. The van der Waals surface area contributed by atoms with Gasteiger partial charge in [0.2, 0.25) is 0 Å². The maximum Gasteiger partial charge on any atom is 0.275 e. The van der Waals surface area contributed by atoms with Crippen molar-refractivity contribution in [2.75, 3.05) is 0 Å². The lowest BCUT2D eigenvalue weighted by Gasteiger charge is -2.04. The molecule has 0 bridgehead atoms. The zero-order chi connectivity index (χ0) is 10.6. The highest BCUT2D eigenvalue weighted by molar-refractivity contribution is 5.75. The van der Waals surface area contributed by atoms with Crippen LogP contribution in [-0.2, 0) is 14.1 Å². The van der Waals surface area contributed by atoms with Crippen molar-refractivity contribution in [3.8, 4) is 0 Å². The summed E-state index contributed by atoms with van der Waals surface area (Å²) in [6.45, 7) is 0. The fourth-order valence-electron chi connectivity index (χ4n) is 1.96. The second kappa shape index (κ2) is 2.50. The van der Waals surface area contributed by atoms with E-state index in [9.17, 15) is 4.79 Å². The topological polar surface area (TPSA) is 44.2 Å². The van der Waals surface area contributed by atoms with Gasteiger partial charge in [-0.3, -0.25) is 13.9 Å². The van der Waals surface area contributed by atoms with Crippen LogP contribution < -0.4 is 5.56 Å². The molecule has 0 aliphatic rings. The standard InChI is InChI=1S/C10H10N4O/c1-12-8-6-11-13(2)9(8)14-5-3-4-7(14)10(12)15/h3-6H,1-2H3. The van der Waals surface area contributed by atoms with E-state index in [4.69, 9.17) is 0 Å². The second-order valence-electron chi connectivity index (χ2n) is 3.60. The van der Waals surface area contributed by atoms with Crippen LogP contribution in [0.1, 0.15) is 0 Å². The Bertz CT molecular complexity index is 716. The molecule has 5 nitrogen and oxygen atoms in total. The molecule has 3 rings (SSSR count). The Kier molecular flexibility index (Phi) is 1.38. The number of nitrogens with zero attached hydrogens (tertiary/aromatic N) is 4. The highest BCUT2D eigenvalue weighted by Gasteiger charge is 2.10. The van der Waals surface area contributed by atoms with Crippen LogP contribution in [0.3, 0.4) is 0 Å². The molecule has 3 aromatic heterocycles. The molecule has 0 aliphatic carbocycles. The van der Waals surface area contributed by atoms with Gasteiger partial charge in [0, 0.05) is 20.3 Å². The Labute approximate surface area is 85.2 Å². The first kappa shape index (κ1) is 8.28. The Morgan fingerprint density at radius 2 is 2.07 bits per heavy atom. The lowest BCUT2D eigenvalue weighted by atomic mass is 10.4. The van der Waals surface area contributed by atoms with Gasteiger partial charge in [0.15, 0.2) is 5.65 Å². The fraction of sp³-hybridized carbons (Fsp3) is 0.200. The Morgan fingerprint density at radius 1 is 1.27 bits per heavy atom. The summed E-state index contributed by atoms with van der Waals surface area (Å²) in [5.41, 5.74) is 2.44. The lowest BCUT2D eigenvalue weighted by Crippen LogP contribution is -2.19. The molecular formula is C10H10N4O. The van der Waals surface area contributed by atoms with Crippen LogP contribution in [0.5, 0.6) is 0 Å². The van der Waals surface area contributed by atoms with Crippen LogP contribution in [0.4, 0.5) is 0 Å².